The van der Waals surface area contributed by atoms with Crippen LogP contribution < -0.4 is 5.32 Å². The molecule has 1 aromatic carbocycles. The van der Waals surface area contributed by atoms with Crippen molar-refractivity contribution in [2.75, 3.05) is 13.6 Å². The normalized spacial score (nSPS) is 10.9. The molecule has 0 fully saturated rings. The molecule has 0 unspecified atom stereocenters. The second-order valence-corrected chi connectivity index (χ2v) is 6.89. The lowest BCUT2D eigenvalue weighted by molar-refractivity contribution is -0.121. The number of nitrogens with one attached hydrogen (secondary N) is 1. The van der Waals surface area contributed by atoms with Gasteiger partial charge in [-0.15, -0.1) is 0 Å². The molecule has 30 heavy (non-hydrogen) atoms. The van der Waals surface area contributed by atoms with E-state index >= 15 is 0 Å². The zero-order valence-corrected chi connectivity index (χ0v) is 16.6. The molecule has 0 bridgehead atoms. The molecule has 2 amide bonds. The van der Waals surface area contributed by atoms with E-state index in [1.807, 2.05) is 30.3 Å². The topological polar surface area (TPSA) is 101 Å². The third kappa shape index (κ3) is 3.93. The van der Waals surface area contributed by atoms with Crippen LogP contribution in [0.4, 0.5) is 0 Å². The van der Waals surface area contributed by atoms with Gasteiger partial charge in [-0.2, -0.15) is 0 Å². The Labute approximate surface area is 172 Å². The van der Waals surface area contributed by atoms with Crippen molar-refractivity contribution >= 4 is 22.9 Å². The molecule has 3 aromatic heterocycles. The summed E-state index contributed by atoms with van der Waals surface area (Å²) in [6.07, 6.45) is 1.54. The number of carbonyl (C=O) groups excluding carboxylic acids is 2. The van der Waals surface area contributed by atoms with Gasteiger partial charge in [0.05, 0.1) is 41.7 Å². The van der Waals surface area contributed by atoms with Gasteiger partial charge in [0.15, 0.2) is 0 Å². The monoisotopic (exact) mass is 404 g/mol. The molecule has 0 aliphatic heterocycles. The lowest BCUT2D eigenvalue weighted by Gasteiger charge is -2.17. The van der Waals surface area contributed by atoms with Crippen molar-refractivity contribution in [1.29, 1.82) is 0 Å². The molecular weight excluding hydrogens is 384 g/mol. The number of fused-ring (bicyclic) bond motifs is 1. The number of nitrogens with zero attached hydrogens (tertiary/aromatic N) is 3. The third-order valence-corrected chi connectivity index (χ3v) is 4.68. The Morgan fingerprint density at radius 1 is 1.13 bits per heavy atom. The molecule has 1 N–H and O–H groups in total. The molecule has 4 aromatic rings. The maximum Gasteiger partial charge on any atom is 0.259 e. The number of rotatable bonds is 6. The minimum absolute atomic E-state index is 0.103. The van der Waals surface area contributed by atoms with Gasteiger partial charge in [0.1, 0.15) is 5.76 Å². The Morgan fingerprint density at radius 2 is 1.93 bits per heavy atom. The van der Waals surface area contributed by atoms with Gasteiger partial charge < -0.3 is 19.2 Å². The van der Waals surface area contributed by atoms with Crippen molar-refractivity contribution in [2.24, 2.45) is 0 Å². The minimum atomic E-state index is -0.320. The Kier molecular flexibility index (Phi) is 5.30. The molecule has 4 rings (SSSR count). The highest BCUT2D eigenvalue weighted by atomic mass is 16.5. The first-order valence-corrected chi connectivity index (χ1v) is 9.40. The molecule has 152 valence electrons. The number of hydrogen-bond acceptors (Lipinski definition) is 6. The van der Waals surface area contributed by atoms with Crippen molar-refractivity contribution in [3.63, 3.8) is 0 Å². The van der Waals surface area contributed by atoms with Gasteiger partial charge in [-0.25, -0.2) is 4.98 Å². The predicted molar refractivity (Wildman–Crippen MR) is 109 cm³/mol. The number of amides is 2. The molecule has 0 radical (unpaired) electrons. The number of aromatic nitrogens is 2. The van der Waals surface area contributed by atoms with E-state index in [2.05, 4.69) is 15.5 Å². The maximum absolute atomic E-state index is 13.2. The number of pyridine rings is 1. The van der Waals surface area contributed by atoms with Crippen LogP contribution in [-0.4, -0.2) is 40.4 Å². The van der Waals surface area contributed by atoms with E-state index in [4.69, 9.17) is 8.94 Å². The first-order chi connectivity index (χ1) is 14.5. The summed E-state index contributed by atoms with van der Waals surface area (Å²) in [5.74, 6) is 0.0256. The van der Waals surface area contributed by atoms with Crippen LogP contribution in [0.1, 0.15) is 21.8 Å². The van der Waals surface area contributed by atoms with E-state index in [1.165, 1.54) is 11.2 Å². The summed E-state index contributed by atoms with van der Waals surface area (Å²) in [6, 6.07) is 14.7. The molecule has 0 spiro atoms. The number of aryl methyl sites for hydroxylation is 1. The lowest BCUT2D eigenvalue weighted by Crippen LogP contribution is -2.38. The van der Waals surface area contributed by atoms with E-state index in [0.717, 1.165) is 5.56 Å². The van der Waals surface area contributed by atoms with Crippen LogP contribution in [0, 0.1) is 6.92 Å². The summed E-state index contributed by atoms with van der Waals surface area (Å²) in [5.41, 5.74) is 2.68. The summed E-state index contributed by atoms with van der Waals surface area (Å²) in [5, 5.41) is 7.23. The van der Waals surface area contributed by atoms with Gasteiger partial charge in [0.25, 0.3) is 11.6 Å². The number of furan rings is 1. The van der Waals surface area contributed by atoms with Crippen LogP contribution in [0.2, 0.25) is 0 Å². The van der Waals surface area contributed by atoms with Gasteiger partial charge in [-0.1, -0.05) is 35.5 Å². The number of benzene rings is 1. The first kappa shape index (κ1) is 19.4. The van der Waals surface area contributed by atoms with Crippen LogP contribution in [0.3, 0.4) is 0 Å². The second kappa shape index (κ2) is 8.20. The highest BCUT2D eigenvalue weighted by molar-refractivity contribution is 6.07. The van der Waals surface area contributed by atoms with Crippen molar-refractivity contribution in [3.05, 3.63) is 71.8 Å². The zero-order chi connectivity index (χ0) is 21.1. The van der Waals surface area contributed by atoms with Gasteiger partial charge in [-0.3, -0.25) is 9.59 Å². The standard InChI is InChI=1S/C22H20N4O4/c1-14-20-17(11-18(24-21(20)30-25-14)15-7-4-3-5-8-15)22(28)26(2)13-19(27)23-12-16-9-6-10-29-16/h3-11H,12-13H2,1-2H3,(H,23,27). The molecule has 0 atom stereocenters. The van der Waals surface area contributed by atoms with Crippen molar-refractivity contribution in [1.82, 2.24) is 20.4 Å². The average molecular weight is 404 g/mol. The maximum atomic E-state index is 13.2. The molecule has 0 saturated carbocycles. The SMILES string of the molecule is Cc1noc2nc(-c3ccccc3)cc(C(=O)N(C)CC(=O)NCc3ccco3)c12. The van der Waals surface area contributed by atoms with Crippen LogP contribution in [0.15, 0.2) is 63.7 Å². The van der Waals surface area contributed by atoms with E-state index in [-0.39, 0.29) is 30.6 Å². The highest BCUT2D eigenvalue weighted by Gasteiger charge is 2.23. The van der Waals surface area contributed by atoms with Gasteiger partial charge in [0.2, 0.25) is 5.91 Å². The van der Waals surface area contributed by atoms with E-state index in [9.17, 15) is 9.59 Å². The number of hydrogen-bond donors (Lipinski definition) is 1. The Hall–Kier alpha value is -3.94. The summed E-state index contributed by atoms with van der Waals surface area (Å²) < 4.78 is 10.5. The fraction of sp³-hybridized carbons (Fsp3) is 0.182. The van der Waals surface area contributed by atoms with Crippen LogP contribution in [0.5, 0.6) is 0 Å². The molecule has 3 heterocycles. The van der Waals surface area contributed by atoms with Gasteiger partial charge in [-0.05, 0) is 25.1 Å². The quantitative estimate of drug-likeness (QED) is 0.530. The summed E-state index contributed by atoms with van der Waals surface area (Å²) >= 11 is 0. The molecule has 0 saturated heterocycles. The fourth-order valence-electron chi connectivity index (χ4n) is 3.17. The third-order valence-electron chi connectivity index (χ3n) is 4.68. The number of likely N-dealkylation sites (N-methyl/N-ethyl adjacent to an activating group) is 1. The second-order valence-electron chi connectivity index (χ2n) is 6.89. The van der Waals surface area contributed by atoms with Crippen molar-refractivity contribution in [2.45, 2.75) is 13.5 Å². The van der Waals surface area contributed by atoms with Gasteiger partial charge >= 0.3 is 0 Å². The van der Waals surface area contributed by atoms with Crippen LogP contribution in [0.25, 0.3) is 22.4 Å². The fourth-order valence-corrected chi connectivity index (χ4v) is 3.17. The summed E-state index contributed by atoms with van der Waals surface area (Å²) in [6.45, 7) is 1.91. The zero-order valence-electron chi connectivity index (χ0n) is 16.6. The lowest BCUT2D eigenvalue weighted by atomic mass is 10.0. The largest absolute Gasteiger partial charge is 0.467 e. The van der Waals surface area contributed by atoms with Crippen molar-refractivity contribution in [3.8, 4) is 11.3 Å². The Bertz CT molecular complexity index is 1180. The first-order valence-electron chi connectivity index (χ1n) is 9.40. The van der Waals surface area contributed by atoms with E-state index in [1.54, 1.807) is 32.2 Å². The molecule has 0 aliphatic rings. The van der Waals surface area contributed by atoms with E-state index in [0.29, 0.717) is 28.1 Å². The predicted octanol–water partition coefficient (Wildman–Crippen LogP) is 3.18. The smallest absolute Gasteiger partial charge is 0.259 e. The van der Waals surface area contributed by atoms with Gasteiger partial charge in [0, 0.05) is 12.6 Å². The van der Waals surface area contributed by atoms with Crippen molar-refractivity contribution < 1.29 is 18.5 Å². The van der Waals surface area contributed by atoms with Crippen LogP contribution >= 0.6 is 0 Å². The molecule has 8 heteroatoms. The minimum Gasteiger partial charge on any atom is -0.467 e. The molecular formula is C22H20N4O4. The van der Waals surface area contributed by atoms with E-state index < -0.39 is 0 Å². The Balaban J connectivity index is 1.58. The summed E-state index contributed by atoms with van der Waals surface area (Å²) in [4.78, 5) is 31.3. The molecule has 0 aliphatic carbocycles. The average Bonchev–Trinajstić information content (AvgIpc) is 3.42. The molecule has 8 nitrogen and oxygen atoms in total. The van der Waals surface area contributed by atoms with Crippen LogP contribution in [-0.2, 0) is 11.3 Å². The number of carbonyl (C=O) groups is 2. The summed E-state index contributed by atoms with van der Waals surface area (Å²) in [7, 11) is 1.58. The Morgan fingerprint density at radius 3 is 2.67 bits per heavy atom. The highest BCUT2D eigenvalue weighted by Crippen LogP contribution is 2.27.